The fraction of sp³-hybridized carbons (Fsp3) is 0.667. The van der Waals surface area contributed by atoms with Crippen LogP contribution in [-0.4, -0.2) is 28.2 Å². The Kier molecular flexibility index (Phi) is 3.64. The second kappa shape index (κ2) is 5.20. The number of hydrogen-bond donors (Lipinski definition) is 1. The Morgan fingerprint density at radius 2 is 2.10 bits per heavy atom. The number of likely N-dealkylation sites (tertiary alicyclic amines) is 1. The summed E-state index contributed by atoms with van der Waals surface area (Å²) < 4.78 is 6.10. The molecule has 0 aromatic heterocycles. The van der Waals surface area contributed by atoms with E-state index >= 15 is 0 Å². The molecule has 1 aromatic carbocycles. The number of phenolic OH excluding ortho intramolecular Hbond substituents is 1. The van der Waals surface area contributed by atoms with Gasteiger partial charge in [-0.2, -0.15) is 0 Å². The number of aromatic hydroxyl groups is 1. The van der Waals surface area contributed by atoms with Gasteiger partial charge in [0.2, 0.25) is 0 Å². The highest BCUT2D eigenvalue weighted by Gasteiger charge is 2.41. The maximum absolute atomic E-state index is 9.76. The molecule has 116 valence electrons. The predicted octanol–water partition coefficient (Wildman–Crippen LogP) is 4.11. The fourth-order valence-electron chi connectivity index (χ4n) is 4.02. The van der Waals surface area contributed by atoms with Gasteiger partial charge in [-0.05, 0) is 45.2 Å². The summed E-state index contributed by atoms with van der Waals surface area (Å²) in [6, 6.07) is 6.66. The molecule has 2 atom stereocenters. The van der Waals surface area contributed by atoms with E-state index in [0.717, 1.165) is 12.2 Å². The van der Waals surface area contributed by atoms with E-state index in [2.05, 4.69) is 32.6 Å². The van der Waals surface area contributed by atoms with E-state index in [0.29, 0.717) is 18.0 Å². The van der Waals surface area contributed by atoms with Crippen LogP contribution in [0.3, 0.4) is 0 Å². The molecule has 0 radical (unpaired) electrons. The lowest BCUT2D eigenvalue weighted by Crippen LogP contribution is -2.44. The van der Waals surface area contributed by atoms with Crippen LogP contribution in [0.15, 0.2) is 18.2 Å². The first kappa shape index (κ1) is 14.7. The molecule has 3 rings (SSSR count). The summed E-state index contributed by atoms with van der Waals surface area (Å²) in [6.07, 6.45) is 3.59. The van der Waals surface area contributed by atoms with Gasteiger partial charge in [0, 0.05) is 30.1 Å². The van der Waals surface area contributed by atoms with E-state index in [1.54, 1.807) is 12.1 Å². The fourth-order valence-corrected chi connectivity index (χ4v) is 4.02. The summed E-state index contributed by atoms with van der Waals surface area (Å²) in [7, 11) is 0. The van der Waals surface area contributed by atoms with Crippen LogP contribution in [0, 0.1) is 5.92 Å². The molecule has 0 aliphatic carbocycles. The standard InChI is InChI=1S/C18H27NO2/c1-12(2)15-6-5-9-19(15)16-11-18(3,4)21-17-10-13(20)7-8-14(16)17/h7-8,10,12,15-16,20H,5-6,9,11H2,1-4H3. The first-order valence-electron chi connectivity index (χ1n) is 8.15. The van der Waals surface area contributed by atoms with Gasteiger partial charge in [-0.25, -0.2) is 0 Å². The van der Waals surface area contributed by atoms with Gasteiger partial charge in [-0.1, -0.05) is 19.9 Å². The zero-order valence-electron chi connectivity index (χ0n) is 13.6. The lowest BCUT2D eigenvalue weighted by atomic mass is 9.87. The number of benzene rings is 1. The number of fused-ring (bicyclic) bond motifs is 1. The van der Waals surface area contributed by atoms with Crippen molar-refractivity contribution in [1.29, 1.82) is 0 Å². The van der Waals surface area contributed by atoms with Crippen molar-refractivity contribution in [2.45, 2.75) is 64.6 Å². The molecule has 3 heteroatoms. The highest BCUT2D eigenvalue weighted by Crippen LogP contribution is 2.46. The van der Waals surface area contributed by atoms with E-state index in [4.69, 9.17) is 4.74 Å². The molecule has 1 N–H and O–H groups in total. The maximum atomic E-state index is 9.76. The van der Waals surface area contributed by atoms with Crippen molar-refractivity contribution >= 4 is 0 Å². The van der Waals surface area contributed by atoms with Crippen molar-refractivity contribution < 1.29 is 9.84 Å². The van der Waals surface area contributed by atoms with E-state index in [1.165, 1.54) is 24.9 Å². The van der Waals surface area contributed by atoms with Gasteiger partial charge in [0.15, 0.2) is 0 Å². The smallest absolute Gasteiger partial charge is 0.128 e. The molecule has 0 saturated carbocycles. The zero-order chi connectivity index (χ0) is 15.2. The molecule has 3 nitrogen and oxygen atoms in total. The molecule has 21 heavy (non-hydrogen) atoms. The molecule has 0 spiro atoms. The quantitative estimate of drug-likeness (QED) is 0.889. The lowest BCUT2D eigenvalue weighted by molar-refractivity contribution is 0.0192. The van der Waals surface area contributed by atoms with Crippen molar-refractivity contribution in [2.75, 3.05) is 6.54 Å². The van der Waals surface area contributed by atoms with Gasteiger partial charge in [0.05, 0.1) is 0 Å². The van der Waals surface area contributed by atoms with Crippen LogP contribution in [0.5, 0.6) is 11.5 Å². The second-order valence-corrected chi connectivity index (χ2v) is 7.50. The van der Waals surface area contributed by atoms with Gasteiger partial charge < -0.3 is 9.84 Å². The van der Waals surface area contributed by atoms with Gasteiger partial charge in [-0.15, -0.1) is 0 Å². The van der Waals surface area contributed by atoms with Crippen molar-refractivity contribution in [3.63, 3.8) is 0 Å². The maximum Gasteiger partial charge on any atom is 0.128 e. The monoisotopic (exact) mass is 289 g/mol. The van der Waals surface area contributed by atoms with E-state index in [9.17, 15) is 5.11 Å². The molecule has 2 unspecified atom stereocenters. The minimum Gasteiger partial charge on any atom is -0.508 e. The molecule has 1 fully saturated rings. The van der Waals surface area contributed by atoms with Crippen LogP contribution in [0.25, 0.3) is 0 Å². The van der Waals surface area contributed by atoms with Gasteiger partial charge in [0.1, 0.15) is 17.1 Å². The highest BCUT2D eigenvalue weighted by molar-refractivity contribution is 5.44. The average molecular weight is 289 g/mol. The third kappa shape index (κ3) is 2.76. The van der Waals surface area contributed by atoms with Crippen molar-refractivity contribution in [3.8, 4) is 11.5 Å². The highest BCUT2D eigenvalue weighted by atomic mass is 16.5. The van der Waals surface area contributed by atoms with Crippen molar-refractivity contribution in [1.82, 2.24) is 4.90 Å². The van der Waals surface area contributed by atoms with Crippen molar-refractivity contribution in [2.24, 2.45) is 5.92 Å². The van der Waals surface area contributed by atoms with Crippen LogP contribution in [-0.2, 0) is 0 Å². The van der Waals surface area contributed by atoms with E-state index in [-0.39, 0.29) is 11.4 Å². The Morgan fingerprint density at radius 3 is 2.81 bits per heavy atom. The largest absolute Gasteiger partial charge is 0.508 e. The Labute approximate surface area is 127 Å². The Bertz CT molecular complexity index is 524. The van der Waals surface area contributed by atoms with Crippen LogP contribution in [0.2, 0.25) is 0 Å². The molecule has 2 heterocycles. The van der Waals surface area contributed by atoms with Crippen LogP contribution in [0.4, 0.5) is 0 Å². The molecule has 1 saturated heterocycles. The summed E-state index contributed by atoms with van der Waals surface area (Å²) in [5.74, 6) is 1.82. The van der Waals surface area contributed by atoms with E-state index in [1.807, 2.05) is 6.07 Å². The van der Waals surface area contributed by atoms with Crippen LogP contribution >= 0.6 is 0 Å². The Morgan fingerprint density at radius 1 is 1.33 bits per heavy atom. The topological polar surface area (TPSA) is 32.7 Å². The third-order valence-electron chi connectivity index (χ3n) is 4.94. The van der Waals surface area contributed by atoms with Gasteiger partial charge in [-0.3, -0.25) is 4.90 Å². The first-order chi connectivity index (χ1) is 9.87. The molecule has 0 amide bonds. The van der Waals surface area contributed by atoms with Crippen LogP contribution < -0.4 is 4.74 Å². The zero-order valence-corrected chi connectivity index (χ0v) is 13.6. The molecule has 2 aliphatic heterocycles. The van der Waals surface area contributed by atoms with Crippen molar-refractivity contribution in [3.05, 3.63) is 23.8 Å². The second-order valence-electron chi connectivity index (χ2n) is 7.50. The Hall–Kier alpha value is -1.22. The molecule has 1 aromatic rings. The summed E-state index contributed by atoms with van der Waals surface area (Å²) in [5.41, 5.74) is 1.05. The van der Waals surface area contributed by atoms with Crippen LogP contribution in [0.1, 0.15) is 58.6 Å². The normalized spacial score (nSPS) is 28.4. The van der Waals surface area contributed by atoms with Gasteiger partial charge in [0.25, 0.3) is 0 Å². The van der Waals surface area contributed by atoms with Gasteiger partial charge >= 0.3 is 0 Å². The summed E-state index contributed by atoms with van der Waals surface area (Å²) in [5, 5.41) is 9.76. The molecular weight excluding hydrogens is 262 g/mol. The Balaban J connectivity index is 1.98. The minimum atomic E-state index is -0.185. The predicted molar refractivity (Wildman–Crippen MR) is 84.7 cm³/mol. The number of hydrogen-bond acceptors (Lipinski definition) is 3. The first-order valence-corrected chi connectivity index (χ1v) is 8.15. The molecule has 0 bridgehead atoms. The lowest BCUT2D eigenvalue weighted by Gasteiger charge is -2.44. The summed E-state index contributed by atoms with van der Waals surface area (Å²) >= 11 is 0. The number of nitrogens with zero attached hydrogens (tertiary/aromatic N) is 1. The third-order valence-corrected chi connectivity index (χ3v) is 4.94. The minimum absolute atomic E-state index is 0.185. The number of phenols is 1. The number of ether oxygens (including phenoxy) is 1. The number of rotatable bonds is 2. The molecule has 2 aliphatic rings. The molecular formula is C18H27NO2. The summed E-state index contributed by atoms with van der Waals surface area (Å²) in [6.45, 7) is 10.1. The summed E-state index contributed by atoms with van der Waals surface area (Å²) in [4.78, 5) is 2.67. The van der Waals surface area contributed by atoms with E-state index < -0.39 is 0 Å². The average Bonchev–Trinajstić information content (AvgIpc) is 2.85. The SMILES string of the molecule is CC(C)C1CCCN1C1CC(C)(C)Oc2cc(O)ccc21.